The minimum Gasteiger partial charge on any atom is -0.373 e. The first-order valence-electron chi connectivity index (χ1n) is 5.74. The summed E-state index contributed by atoms with van der Waals surface area (Å²) in [6.07, 6.45) is 0.133. The van der Waals surface area contributed by atoms with Crippen LogP contribution in [-0.4, -0.2) is 28.1 Å². The van der Waals surface area contributed by atoms with Crippen molar-refractivity contribution in [3.05, 3.63) is 0 Å². The van der Waals surface area contributed by atoms with E-state index in [0.717, 1.165) is 0 Å². The molecule has 0 aliphatic rings. The molecule has 0 unspecified atom stereocenters. The molecule has 15 heavy (non-hydrogen) atoms. The van der Waals surface area contributed by atoms with Gasteiger partial charge in [0.05, 0.1) is 0 Å². The Morgan fingerprint density at radius 3 is 1.60 bits per heavy atom. The third kappa shape index (κ3) is 4.22. The topological polar surface area (TPSA) is 27.7 Å². The summed E-state index contributed by atoms with van der Waals surface area (Å²) in [4.78, 5) is 0. The molecule has 0 bridgehead atoms. The van der Waals surface area contributed by atoms with Crippen molar-refractivity contribution in [1.82, 2.24) is 0 Å². The van der Waals surface area contributed by atoms with Crippen LogP contribution in [0, 0.1) is 0 Å². The molecule has 0 fully saturated rings. The molecule has 0 aliphatic heterocycles. The van der Waals surface area contributed by atoms with Crippen molar-refractivity contribution in [3.8, 4) is 0 Å². The number of hydrogen-bond acceptors (Lipinski definition) is 3. The Bertz CT molecular complexity index is 169. The average Bonchev–Trinajstić information content (AvgIpc) is 2.01. The van der Waals surface area contributed by atoms with Gasteiger partial charge in [0.25, 0.3) is 0 Å². The Morgan fingerprint density at radius 2 is 1.40 bits per heavy atom. The molecule has 4 heteroatoms. The molecule has 0 aromatic rings. The van der Waals surface area contributed by atoms with Crippen molar-refractivity contribution in [2.24, 2.45) is 0 Å². The minimum absolute atomic E-state index is 0.0801. The van der Waals surface area contributed by atoms with Crippen LogP contribution in [0.2, 0.25) is 5.04 Å². The van der Waals surface area contributed by atoms with Crippen LogP contribution in [-0.2, 0) is 13.3 Å². The molecule has 92 valence electrons. The molecule has 0 rings (SSSR count). The lowest BCUT2D eigenvalue weighted by Gasteiger charge is -2.39. The van der Waals surface area contributed by atoms with Crippen LogP contribution >= 0.6 is 0 Å². The third-order valence-corrected chi connectivity index (χ3v) is 5.93. The van der Waals surface area contributed by atoms with Gasteiger partial charge < -0.3 is 13.3 Å². The summed E-state index contributed by atoms with van der Waals surface area (Å²) in [5.41, 5.74) is 0. The number of rotatable bonds is 6. The average molecular weight is 234 g/mol. The van der Waals surface area contributed by atoms with Crippen LogP contribution in [0.5, 0.6) is 0 Å². The van der Waals surface area contributed by atoms with Crippen LogP contribution < -0.4 is 0 Å². The van der Waals surface area contributed by atoms with Crippen molar-refractivity contribution < 1.29 is 13.3 Å². The van der Waals surface area contributed by atoms with E-state index in [1.54, 1.807) is 0 Å². The molecule has 0 amide bonds. The van der Waals surface area contributed by atoms with Gasteiger partial charge in [-0.1, -0.05) is 20.8 Å². The van der Waals surface area contributed by atoms with Crippen molar-refractivity contribution in [2.45, 2.75) is 59.6 Å². The minimum atomic E-state index is -2.56. The van der Waals surface area contributed by atoms with Gasteiger partial charge in [-0.15, -0.1) is 0 Å². The van der Waals surface area contributed by atoms with E-state index in [1.165, 1.54) is 0 Å². The quantitative estimate of drug-likeness (QED) is 0.660. The maximum atomic E-state index is 5.98. The van der Waals surface area contributed by atoms with Crippen molar-refractivity contribution in [2.75, 3.05) is 13.2 Å². The lowest BCUT2D eigenvalue weighted by molar-refractivity contribution is 0.0259. The van der Waals surface area contributed by atoms with Crippen molar-refractivity contribution >= 4 is 8.80 Å². The molecule has 0 spiro atoms. The largest absolute Gasteiger partial charge is 0.506 e. The summed E-state index contributed by atoms with van der Waals surface area (Å²) in [5.74, 6) is 0. The van der Waals surface area contributed by atoms with E-state index in [-0.39, 0.29) is 11.1 Å². The van der Waals surface area contributed by atoms with E-state index < -0.39 is 8.80 Å². The van der Waals surface area contributed by atoms with Crippen LogP contribution in [0.25, 0.3) is 0 Å². The fourth-order valence-corrected chi connectivity index (χ4v) is 4.23. The third-order valence-electron chi connectivity index (χ3n) is 1.98. The fourth-order valence-electron chi connectivity index (χ4n) is 1.41. The summed E-state index contributed by atoms with van der Waals surface area (Å²) in [5, 5.41) is -0.0801. The zero-order chi connectivity index (χ0) is 12.1. The second-order valence-corrected chi connectivity index (χ2v) is 8.26. The maximum absolute atomic E-state index is 5.98. The molecular formula is C11H26O3Si. The standard InChI is InChI=1S/C11H26O3Si/c1-8-12-15(13-9-2,11(5,6)7)14-10(3)4/h10H,8-9H2,1-7H3. The second-order valence-electron chi connectivity index (χ2n) is 4.84. The highest BCUT2D eigenvalue weighted by molar-refractivity contribution is 6.64. The van der Waals surface area contributed by atoms with Gasteiger partial charge in [-0.05, 0) is 27.7 Å². The lowest BCUT2D eigenvalue weighted by Crippen LogP contribution is -2.54. The molecule has 0 saturated heterocycles. The van der Waals surface area contributed by atoms with Gasteiger partial charge in [0.15, 0.2) is 0 Å². The Hall–Kier alpha value is 0.0969. The van der Waals surface area contributed by atoms with Gasteiger partial charge in [-0.2, -0.15) is 0 Å². The molecule has 3 nitrogen and oxygen atoms in total. The smallest absolute Gasteiger partial charge is 0.373 e. The highest BCUT2D eigenvalue weighted by Gasteiger charge is 2.53. The monoisotopic (exact) mass is 234 g/mol. The van der Waals surface area contributed by atoms with Gasteiger partial charge >= 0.3 is 8.80 Å². The molecule has 0 saturated carbocycles. The summed E-state index contributed by atoms with van der Waals surface area (Å²) in [6, 6.07) is 0. The van der Waals surface area contributed by atoms with Crippen LogP contribution in [0.1, 0.15) is 48.5 Å². The van der Waals surface area contributed by atoms with E-state index in [9.17, 15) is 0 Å². The van der Waals surface area contributed by atoms with Crippen LogP contribution in [0.3, 0.4) is 0 Å². The highest BCUT2D eigenvalue weighted by Crippen LogP contribution is 2.39. The first-order chi connectivity index (χ1) is 6.79. The molecule has 0 aromatic carbocycles. The predicted octanol–water partition coefficient (Wildman–Crippen LogP) is 3.22. The zero-order valence-corrected chi connectivity index (χ0v) is 12.2. The maximum Gasteiger partial charge on any atom is 0.506 e. The summed E-state index contributed by atoms with van der Waals surface area (Å²) >= 11 is 0. The van der Waals surface area contributed by atoms with E-state index in [1.807, 2.05) is 27.7 Å². The van der Waals surface area contributed by atoms with Gasteiger partial charge in [-0.25, -0.2) is 0 Å². The second kappa shape index (κ2) is 5.99. The molecule has 0 radical (unpaired) electrons. The fraction of sp³-hybridized carbons (Fsp3) is 1.00. The normalized spacial score (nSPS) is 13.6. The highest BCUT2D eigenvalue weighted by atomic mass is 28.4. The van der Waals surface area contributed by atoms with E-state index in [4.69, 9.17) is 13.3 Å². The van der Waals surface area contributed by atoms with Gasteiger partial charge in [0, 0.05) is 24.4 Å². The van der Waals surface area contributed by atoms with E-state index in [2.05, 4.69) is 20.8 Å². The van der Waals surface area contributed by atoms with Crippen molar-refractivity contribution in [3.63, 3.8) is 0 Å². The summed E-state index contributed by atoms with van der Waals surface area (Å²) < 4.78 is 17.7. The lowest BCUT2D eigenvalue weighted by atomic mass is 10.3. The first kappa shape index (κ1) is 15.1. The molecule has 0 aliphatic carbocycles. The van der Waals surface area contributed by atoms with E-state index in [0.29, 0.717) is 13.2 Å². The Labute approximate surface area is 95.5 Å². The Kier molecular flexibility index (Phi) is 6.03. The van der Waals surface area contributed by atoms with Gasteiger partial charge in [-0.3, -0.25) is 0 Å². The van der Waals surface area contributed by atoms with Crippen LogP contribution in [0.4, 0.5) is 0 Å². The Morgan fingerprint density at radius 1 is 1.00 bits per heavy atom. The molecule has 0 aromatic heterocycles. The van der Waals surface area contributed by atoms with Crippen molar-refractivity contribution in [1.29, 1.82) is 0 Å². The summed E-state index contributed by atoms with van der Waals surface area (Å²) in [7, 11) is -2.56. The van der Waals surface area contributed by atoms with Gasteiger partial charge in [0.1, 0.15) is 0 Å². The van der Waals surface area contributed by atoms with E-state index >= 15 is 0 Å². The SMILES string of the molecule is CCO[Si](OCC)(OC(C)C)C(C)(C)C. The molecular weight excluding hydrogens is 208 g/mol. The Balaban J connectivity index is 4.89. The molecule has 0 atom stereocenters. The first-order valence-corrected chi connectivity index (χ1v) is 7.47. The zero-order valence-electron chi connectivity index (χ0n) is 11.2. The molecule has 0 heterocycles. The summed E-state index contributed by atoms with van der Waals surface area (Å²) in [6.45, 7) is 15.6. The van der Waals surface area contributed by atoms with Crippen LogP contribution in [0.15, 0.2) is 0 Å². The molecule has 0 N–H and O–H groups in total. The van der Waals surface area contributed by atoms with Gasteiger partial charge in [0.2, 0.25) is 0 Å². The number of hydrogen-bond donors (Lipinski definition) is 0. The predicted molar refractivity (Wildman–Crippen MR) is 64.9 cm³/mol.